The molecule has 0 amide bonds. The number of aromatic nitrogens is 2. The molecule has 0 spiro atoms. The molecule has 1 N–H and O–H groups in total. The summed E-state index contributed by atoms with van der Waals surface area (Å²) in [5, 5.41) is 17.9. The van der Waals surface area contributed by atoms with Crippen LogP contribution >= 0.6 is 11.8 Å². The molecule has 0 radical (unpaired) electrons. The molecule has 1 atom stereocenters. The first-order valence-corrected chi connectivity index (χ1v) is 7.19. The number of nitrogens with zero attached hydrogens (tertiary/aromatic N) is 3. The fraction of sp³-hybridized carbons (Fsp3) is 0.357. The second-order valence-corrected chi connectivity index (χ2v) is 5.77. The summed E-state index contributed by atoms with van der Waals surface area (Å²) in [7, 11) is 0. The predicted octanol–water partition coefficient (Wildman–Crippen LogP) is 3.83. The van der Waals surface area contributed by atoms with Crippen LogP contribution in [0.15, 0.2) is 33.3 Å². The minimum atomic E-state index is -0.0476. The average molecular weight is 291 g/mol. The lowest BCUT2D eigenvalue weighted by Crippen LogP contribution is -2.13. The van der Waals surface area contributed by atoms with Crippen molar-refractivity contribution in [3.63, 3.8) is 0 Å². The van der Waals surface area contributed by atoms with E-state index in [9.17, 15) is 5.11 Å². The lowest BCUT2D eigenvalue weighted by Gasteiger charge is -2.18. The van der Waals surface area contributed by atoms with E-state index < -0.39 is 0 Å². The average Bonchev–Trinajstić information content (AvgIpc) is 2.89. The second kappa shape index (κ2) is 6.09. The molecule has 106 valence electrons. The highest BCUT2D eigenvalue weighted by molar-refractivity contribution is 8.09. The molecule has 2 rings (SSSR count). The highest BCUT2D eigenvalue weighted by Gasteiger charge is 2.23. The molecule has 0 fully saturated rings. The fourth-order valence-corrected chi connectivity index (χ4v) is 2.61. The Bertz CT molecular complexity index is 626. The summed E-state index contributed by atoms with van der Waals surface area (Å²) < 4.78 is 5.51. The summed E-state index contributed by atoms with van der Waals surface area (Å²) in [6, 6.07) is 0. The molecule has 0 bridgehead atoms. The molecular formula is C14H17N3O2S. The zero-order chi connectivity index (χ0) is 14.7. The first-order valence-electron chi connectivity index (χ1n) is 6.31. The Labute approximate surface area is 122 Å². The highest BCUT2D eigenvalue weighted by atomic mass is 32.2. The van der Waals surface area contributed by atoms with Crippen LogP contribution in [0.25, 0.3) is 10.7 Å². The summed E-state index contributed by atoms with van der Waals surface area (Å²) in [6.45, 7) is 7.86. The van der Waals surface area contributed by atoms with Crippen molar-refractivity contribution >= 4 is 28.1 Å². The predicted molar refractivity (Wildman–Crippen MR) is 82.5 cm³/mol. The molecule has 1 aliphatic rings. The van der Waals surface area contributed by atoms with Gasteiger partial charge >= 0.3 is 0 Å². The molecule has 0 saturated heterocycles. The van der Waals surface area contributed by atoms with Crippen LogP contribution in [0.4, 0.5) is 0 Å². The largest absolute Gasteiger partial charge is 0.503 e. The first kappa shape index (κ1) is 14.6. The maximum Gasteiger partial charge on any atom is 0.283 e. The van der Waals surface area contributed by atoms with E-state index in [1.54, 1.807) is 23.9 Å². The van der Waals surface area contributed by atoms with Gasteiger partial charge in [-0.05, 0) is 33.8 Å². The molecule has 1 aliphatic heterocycles. The Kier molecular flexibility index (Phi) is 4.44. The van der Waals surface area contributed by atoms with E-state index in [1.165, 1.54) is 6.08 Å². The topological polar surface area (TPSA) is 71.5 Å². The Morgan fingerprint density at radius 2 is 2.10 bits per heavy atom. The molecule has 6 heteroatoms. The Morgan fingerprint density at radius 1 is 1.35 bits per heavy atom. The van der Waals surface area contributed by atoms with Crippen LogP contribution in [-0.2, 0) is 0 Å². The van der Waals surface area contributed by atoms with Crippen molar-refractivity contribution in [1.82, 2.24) is 10.2 Å². The molecule has 1 aromatic rings. The molecule has 20 heavy (non-hydrogen) atoms. The third-order valence-corrected chi connectivity index (χ3v) is 4.24. The first-order chi connectivity index (χ1) is 9.52. The fourth-order valence-electron chi connectivity index (χ4n) is 1.64. The van der Waals surface area contributed by atoms with Crippen LogP contribution in [0, 0.1) is 0 Å². The second-order valence-electron chi connectivity index (χ2n) is 4.42. The zero-order valence-electron chi connectivity index (χ0n) is 11.9. The van der Waals surface area contributed by atoms with Gasteiger partial charge in [-0.2, -0.15) is 0 Å². The third-order valence-electron chi connectivity index (χ3n) is 2.84. The number of thioether (sulfide) groups is 1. The van der Waals surface area contributed by atoms with Crippen molar-refractivity contribution in [1.29, 1.82) is 0 Å². The van der Waals surface area contributed by atoms with Gasteiger partial charge in [0.05, 0.1) is 10.6 Å². The van der Waals surface area contributed by atoms with Gasteiger partial charge < -0.3 is 9.52 Å². The Balaban J connectivity index is 2.32. The Morgan fingerprint density at radius 3 is 2.80 bits per heavy atom. The summed E-state index contributed by atoms with van der Waals surface area (Å²) in [5.74, 6) is 0.456. The standard InChI is InChI=1S/C14H17N3O2S/c1-5-6-7-11(18)13-16-17-14(19-13)12-9(3)15-8(2)10(4)20-12/h5-7,10,18H,1-4H3/b6-5-,11-7-. The van der Waals surface area contributed by atoms with E-state index in [-0.39, 0.29) is 16.9 Å². The lowest BCUT2D eigenvalue weighted by molar-refractivity contribution is 0.446. The normalized spacial score (nSPS) is 20.7. The lowest BCUT2D eigenvalue weighted by atomic mass is 10.3. The quantitative estimate of drug-likeness (QED) is 0.677. The van der Waals surface area contributed by atoms with E-state index in [2.05, 4.69) is 22.1 Å². The van der Waals surface area contributed by atoms with Crippen LogP contribution in [0.3, 0.4) is 0 Å². The van der Waals surface area contributed by atoms with Gasteiger partial charge in [0.15, 0.2) is 5.76 Å². The minimum Gasteiger partial charge on any atom is -0.503 e. The van der Waals surface area contributed by atoms with Crippen molar-refractivity contribution in [2.45, 2.75) is 32.9 Å². The van der Waals surface area contributed by atoms with Crippen molar-refractivity contribution in [2.75, 3.05) is 0 Å². The molecular weight excluding hydrogens is 274 g/mol. The van der Waals surface area contributed by atoms with Crippen molar-refractivity contribution in [3.05, 3.63) is 35.7 Å². The minimum absolute atomic E-state index is 0.0476. The summed E-state index contributed by atoms with van der Waals surface area (Å²) in [6.07, 6.45) is 5.02. The SMILES string of the molecule is C/C=C\C=C(/O)c1nnc(C2=C(C)N=C(C)C(C)S2)o1. The molecule has 1 aromatic heterocycles. The monoisotopic (exact) mass is 291 g/mol. The van der Waals surface area contributed by atoms with Gasteiger partial charge in [0.2, 0.25) is 0 Å². The molecule has 5 nitrogen and oxygen atoms in total. The number of allylic oxidation sites excluding steroid dienone is 4. The van der Waals surface area contributed by atoms with Crippen LogP contribution in [0.5, 0.6) is 0 Å². The van der Waals surface area contributed by atoms with Gasteiger partial charge in [0, 0.05) is 11.0 Å². The zero-order valence-corrected chi connectivity index (χ0v) is 12.7. The van der Waals surface area contributed by atoms with Crippen LogP contribution < -0.4 is 0 Å². The van der Waals surface area contributed by atoms with Gasteiger partial charge in [-0.1, -0.05) is 12.2 Å². The third kappa shape index (κ3) is 3.01. The van der Waals surface area contributed by atoms with E-state index >= 15 is 0 Å². The molecule has 0 aromatic carbocycles. The smallest absolute Gasteiger partial charge is 0.283 e. The summed E-state index contributed by atoms with van der Waals surface area (Å²) in [4.78, 5) is 5.35. The maximum absolute atomic E-state index is 9.79. The summed E-state index contributed by atoms with van der Waals surface area (Å²) in [5.41, 5.74) is 1.93. The van der Waals surface area contributed by atoms with Gasteiger partial charge in [-0.15, -0.1) is 22.0 Å². The number of hydrogen-bond acceptors (Lipinski definition) is 6. The van der Waals surface area contributed by atoms with Crippen LogP contribution in [0.2, 0.25) is 0 Å². The van der Waals surface area contributed by atoms with E-state index in [0.717, 1.165) is 16.3 Å². The molecule has 0 saturated carbocycles. The maximum atomic E-state index is 9.79. The van der Waals surface area contributed by atoms with E-state index in [0.29, 0.717) is 5.89 Å². The van der Waals surface area contributed by atoms with Crippen LogP contribution in [0.1, 0.15) is 39.5 Å². The van der Waals surface area contributed by atoms with Crippen molar-refractivity contribution < 1.29 is 9.52 Å². The van der Waals surface area contributed by atoms with Crippen molar-refractivity contribution in [3.8, 4) is 0 Å². The Hall–Kier alpha value is -1.82. The van der Waals surface area contributed by atoms with E-state index in [4.69, 9.17) is 4.42 Å². The van der Waals surface area contributed by atoms with E-state index in [1.807, 2.05) is 20.8 Å². The van der Waals surface area contributed by atoms with Gasteiger partial charge in [0.1, 0.15) is 0 Å². The molecule has 1 unspecified atom stereocenters. The number of rotatable bonds is 3. The van der Waals surface area contributed by atoms with Gasteiger partial charge in [-0.25, -0.2) is 0 Å². The number of aliphatic imine (C=N–C) groups is 1. The van der Waals surface area contributed by atoms with Crippen molar-refractivity contribution in [2.24, 2.45) is 4.99 Å². The molecule has 0 aliphatic carbocycles. The number of aliphatic hydroxyl groups is 1. The number of hydrogen-bond donors (Lipinski definition) is 1. The highest BCUT2D eigenvalue weighted by Crippen LogP contribution is 2.37. The van der Waals surface area contributed by atoms with Gasteiger partial charge in [0.25, 0.3) is 11.8 Å². The summed E-state index contributed by atoms with van der Waals surface area (Å²) >= 11 is 1.64. The molecule has 2 heterocycles. The van der Waals surface area contributed by atoms with Crippen LogP contribution in [-0.4, -0.2) is 26.3 Å². The van der Waals surface area contributed by atoms with Gasteiger partial charge in [-0.3, -0.25) is 4.99 Å². The number of aliphatic hydroxyl groups excluding tert-OH is 1.